The van der Waals surface area contributed by atoms with Gasteiger partial charge >= 0.3 is 0 Å². The number of hydrogen-bond acceptors (Lipinski definition) is 6. The number of carbonyl (C=O) groups excluding carboxylic acids is 1. The molecule has 1 N–H and O–H groups in total. The highest BCUT2D eigenvalue weighted by molar-refractivity contribution is 7.89. The van der Waals surface area contributed by atoms with Crippen molar-refractivity contribution >= 4 is 28.4 Å². The van der Waals surface area contributed by atoms with Crippen LogP contribution in [-0.2, 0) is 16.2 Å². The SMILES string of the molecule is Cc1nc2ccc([S+]([O-])N3CC4=C(CN(C(=O)C(C)(C)CO)C4)C3)cc2o1. The van der Waals surface area contributed by atoms with Crippen LogP contribution in [0.3, 0.4) is 0 Å². The van der Waals surface area contributed by atoms with E-state index < -0.39 is 16.8 Å². The van der Waals surface area contributed by atoms with E-state index in [-0.39, 0.29) is 12.5 Å². The van der Waals surface area contributed by atoms with Crippen molar-refractivity contribution in [3.05, 3.63) is 35.2 Å². The van der Waals surface area contributed by atoms with Gasteiger partial charge in [-0.25, -0.2) is 4.98 Å². The Bertz CT molecular complexity index is 918. The number of aryl methyl sites for hydroxylation is 1. The molecular formula is C19H23N3O4S. The van der Waals surface area contributed by atoms with Gasteiger partial charge in [0, 0.05) is 26.1 Å². The number of hydrogen-bond donors (Lipinski definition) is 1. The van der Waals surface area contributed by atoms with Gasteiger partial charge in [0.1, 0.15) is 5.52 Å². The van der Waals surface area contributed by atoms with Gasteiger partial charge in [0.2, 0.25) is 5.91 Å². The minimum Gasteiger partial charge on any atom is -0.593 e. The number of aliphatic hydroxyl groups excluding tert-OH is 1. The van der Waals surface area contributed by atoms with Crippen molar-refractivity contribution in [2.45, 2.75) is 25.7 Å². The van der Waals surface area contributed by atoms with Crippen LogP contribution in [0.1, 0.15) is 19.7 Å². The molecule has 1 unspecified atom stereocenters. The highest BCUT2D eigenvalue weighted by Gasteiger charge is 2.40. The van der Waals surface area contributed by atoms with Crippen LogP contribution in [0.25, 0.3) is 11.1 Å². The molecule has 0 fully saturated rings. The molecule has 2 aliphatic rings. The zero-order valence-corrected chi connectivity index (χ0v) is 16.5. The second-order valence-corrected chi connectivity index (χ2v) is 9.31. The standard InChI is InChI=1S/C19H23N3O4S/c1-12-20-16-5-4-15(6-17(16)26-12)27(25)22-9-13-7-21(8-14(13)10-22)18(24)19(2,3)11-23/h4-6,23H,7-11H2,1-3H3. The molecule has 7 nitrogen and oxygen atoms in total. The second kappa shape index (κ2) is 6.63. The van der Waals surface area contributed by atoms with Gasteiger partial charge in [-0.2, -0.15) is 0 Å². The average molecular weight is 389 g/mol. The van der Waals surface area contributed by atoms with Crippen molar-refractivity contribution in [3.63, 3.8) is 0 Å². The lowest BCUT2D eigenvalue weighted by atomic mass is 9.93. The molecule has 1 aromatic heterocycles. The van der Waals surface area contributed by atoms with E-state index in [4.69, 9.17) is 4.42 Å². The Morgan fingerprint density at radius 2 is 1.96 bits per heavy atom. The van der Waals surface area contributed by atoms with E-state index in [1.807, 2.05) is 16.4 Å². The van der Waals surface area contributed by atoms with E-state index in [9.17, 15) is 14.5 Å². The summed E-state index contributed by atoms with van der Waals surface area (Å²) in [6, 6.07) is 5.44. The summed E-state index contributed by atoms with van der Waals surface area (Å²) >= 11 is -1.29. The average Bonchev–Trinajstić information content (AvgIpc) is 3.30. The fraction of sp³-hybridized carbons (Fsp3) is 0.474. The van der Waals surface area contributed by atoms with E-state index in [2.05, 4.69) is 4.98 Å². The van der Waals surface area contributed by atoms with Crippen molar-refractivity contribution in [2.24, 2.45) is 5.41 Å². The van der Waals surface area contributed by atoms with E-state index in [1.165, 1.54) is 0 Å². The van der Waals surface area contributed by atoms with E-state index in [1.54, 1.807) is 31.7 Å². The first-order valence-corrected chi connectivity index (χ1v) is 10.0. The number of aromatic nitrogens is 1. The third kappa shape index (κ3) is 3.27. The van der Waals surface area contributed by atoms with Gasteiger partial charge in [0.05, 0.1) is 36.5 Å². The van der Waals surface area contributed by atoms with Gasteiger partial charge < -0.3 is 19.0 Å². The van der Waals surface area contributed by atoms with Crippen molar-refractivity contribution in [2.75, 3.05) is 32.8 Å². The molecule has 144 valence electrons. The number of amides is 1. The third-order valence-corrected chi connectivity index (χ3v) is 6.55. The number of carbonyl (C=O) groups is 1. The summed E-state index contributed by atoms with van der Waals surface area (Å²) in [4.78, 5) is 19.3. The van der Waals surface area contributed by atoms with Gasteiger partial charge in [0.25, 0.3) is 0 Å². The normalized spacial score (nSPS) is 19.2. The molecule has 4 rings (SSSR count). The van der Waals surface area contributed by atoms with Crippen molar-refractivity contribution < 1.29 is 18.9 Å². The molecule has 3 heterocycles. The smallest absolute Gasteiger partial charge is 0.231 e. The maximum atomic E-state index is 13.0. The summed E-state index contributed by atoms with van der Waals surface area (Å²) in [6.07, 6.45) is 0. The van der Waals surface area contributed by atoms with E-state index in [0.717, 1.165) is 16.7 Å². The van der Waals surface area contributed by atoms with Crippen LogP contribution in [0.4, 0.5) is 0 Å². The Morgan fingerprint density at radius 1 is 1.30 bits per heavy atom. The number of oxazole rings is 1. The Hall–Kier alpha value is -1.87. The van der Waals surface area contributed by atoms with Crippen molar-refractivity contribution in [3.8, 4) is 0 Å². The molecule has 1 amide bonds. The fourth-order valence-corrected chi connectivity index (χ4v) is 4.82. The maximum absolute atomic E-state index is 13.0. The highest BCUT2D eigenvalue weighted by atomic mass is 32.2. The number of rotatable bonds is 4. The molecule has 1 aromatic carbocycles. The number of aliphatic hydroxyl groups is 1. The first-order chi connectivity index (χ1) is 12.8. The van der Waals surface area contributed by atoms with Crippen LogP contribution in [0, 0.1) is 12.3 Å². The monoisotopic (exact) mass is 389 g/mol. The molecule has 2 aromatic rings. The van der Waals surface area contributed by atoms with Gasteiger partial charge in [-0.3, -0.25) is 4.79 Å². The molecule has 0 saturated heterocycles. The molecular weight excluding hydrogens is 366 g/mol. The van der Waals surface area contributed by atoms with Gasteiger partial charge in [-0.1, -0.05) is 0 Å². The molecule has 0 bridgehead atoms. The van der Waals surface area contributed by atoms with Gasteiger partial charge in [-0.05, 0) is 37.1 Å². The molecule has 0 spiro atoms. The number of fused-ring (bicyclic) bond motifs is 1. The Morgan fingerprint density at radius 3 is 2.59 bits per heavy atom. The predicted molar refractivity (Wildman–Crippen MR) is 101 cm³/mol. The molecule has 27 heavy (non-hydrogen) atoms. The Balaban J connectivity index is 1.43. The topological polar surface area (TPSA) is 92.9 Å². The molecule has 1 atom stereocenters. The summed E-state index contributed by atoms with van der Waals surface area (Å²) in [5, 5.41) is 9.42. The van der Waals surface area contributed by atoms with Crippen molar-refractivity contribution in [1.29, 1.82) is 0 Å². The van der Waals surface area contributed by atoms with E-state index in [0.29, 0.717) is 42.5 Å². The molecule has 0 aliphatic carbocycles. The van der Waals surface area contributed by atoms with Gasteiger partial charge in [0.15, 0.2) is 16.4 Å². The Labute approximate surface area is 161 Å². The van der Waals surface area contributed by atoms with Crippen LogP contribution in [0.5, 0.6) is 0 Å². The lowest BCUT2D eigenvalue weighted by Crippen LogP contribution is -2.43. The molecule has 8 heteroatoms. The molecule has 0 radical (unpaired) electrons. The first kappa shape index (κ1) is 18.5. The second-order valence-electron chi connectivity index (χ2n) is 7.82. The summed E-state index contributed by atoms with van der Waals surface area (Å²) in [5.41, 5.74) is 2.94. The molecule has 2 aliphatic heterocycles. The quantitative estimate of drug-likeness (QED) is 0.631. The number of benzene rings is 1. The van der Waals surface area contributed by atoms with Gasteiger partial charge in [-0.15, -0.1) is 4.31 Å². The van der Waals surface area contributed by atoms with Crippen LogP contribution in [0.15, 0.2) is 38.7 Å². The predicted octanol–water partition coefficient (Wildman–Crippen LogP) is 1.63. The summed E-state index contributed by atoms with van der Waals surface area (Å²) < 4.78 is 20.4. The zero-order chi connectivity index (χ0) is 19.3. The van der Waals surface area contributed by atoms with Crippen LogP contribution < -0.4 is 0 Å². The lowest BCUT2D eigenvalue weighted by molar-refractivity contribution is -0.141. The fourth-order valence-electron chi connectivity index (χ4n) is 3.58. The van der Waals surface area contributed by atoms with Crippen LogP contribution >= 0.6 is 0 Å². The first-order valence-electron chi connectivity index (χ1n) is 8.92. The minimum absolute atomic E-state index is 0.0433. The minimum atomic E-state index is -1.29. The number of nitrogens with zero attached hydrogens (tertiary/aromatic N) is 3. The third-order valence-electron chi connectivity index (χ3n) is 5.16. The zero-order valence-electron chi connectivity index (χ0n) is 15.7. The van der Waals surface area contributed by atoms with Crippen LogP contribution in [-0.4, -0.2) is 62.5 Å². The van der Waals surface area contributed by atoms with Crippen LogP contribution in [0.2, 0.25) is 0 Å². The summed E-state index contributed by atoms with van der Waals surface area (Å²) in [6.45, 7) is 7.38. The maximum Gasteiger partial charge on any atom is 0.231 e. The summed E-state index contributed by atoms with van der Waals surface area (Å²) in [7, 11) is 0. The summed E-state index contributed by atoms with van der Waals surface area (Å²) in [5.74, 6) is 0.545. The molecule has 0 saturated carbocycles. The van der Waals surface area contributed by atoms with Crippen molar-refractivity contribution in [1.82, 2.24) is 14.2 Å². The lowest BCUT2D eigenvalue weighted by Gasteiger charge is -2.29. The highest BCUT2D eigenvalue weighted by Crippen LogP contribution is 2.32. The Kier molecular flexibility index (Phi) is 4.54. The largest absolute Gasteiger partial charge is 0.593 e. The van der Waals surface area contributed by atoms with E-state index >= 15 is 0 Å².